The molecule has 7 heteroatoms. The van der Waals surface area contributed by atoms with Crippen LogP contribution >= 0.6 is 11.3 Å². The number of benzene rings is 1. The van der Waals surface area contributed by atoms with Crippen LogP contribution in [0, 0.1) is 10.1 Å². The molecule has 118 valence electrons. The maximum atomic E-state index is 10.9. The third-order valence-electron chi connectivity index (χ3n) is 3.65. The first kappa shape index (κ1) is 14.5. The highest BCUT2D eigenvalue weighted by Gasteiger charge is 2.11. The molecule has 0 saturated carbocycles. The Hall–Kier alpha value is -3.06. The molecule has 3 heterocycles. The van der Waals surface area contributed by atoms with E-state index in [2.05, 4.69) is 9.97 Å². The molecule has 0 bridgehead atoms. The SMILES string of the molecule is O=[N+]([O-])c1cccc(-c2csc(Cc3cn4ccccc4n3)n2)c1. The minimum atomic E-state index is -0.395. The zero-order valence-corrected chi connectivity index (χ0v) is 13.3. The van der Waals surface area contributed by atoms with Gasteiger partial charge >= 0.3 is 0 Å². The first-order valence-electron chi connectivity index (χ1n) is 7.31. The van der Waals surface area contributed by atoms with E-state index in [-0.39, 0.29) is 5.69 Å². The molecule has 0 saturated heterocycles. The van der Waals surface area contributed by atoms with Crippen molar-refractivity contribution in [1.82, 2.24) is 14.4 Å². The molecule has 0 radical (unpaired) electrons. The smallest absolute Gasteiger partial charge is 0.270 e. The number of imidazole rings is 1. The fourth-order valence-corrected chi connectivity index (χ4v) is 3.35. The van der Waals surface area contributed by atoms with Crippen LogP contribution in [0.4, 0.5) is 5.69 Å². The number of hydrogen-bond donors (Lipinski definition) is 0. The van der Waals surface area contributed by atoms with E-state index in [1.165, 1.54) is 17.4 Å². The predicted octanol–water partition coefficient (Wildman–Crippen LogP) is 3.96. The van der Waals surface area contributed by atoms with Crippen LogP contribution in [0.25, 0.3) is 16.9 Å². The molecular formula is C17H12N4O2S. The van der Waals surface area contributed by atoms with Crippen molar-refractivity contribution in [3.8, 4) is 11.3 Å². The van der Waals surface area contributed by atoms with E-state index in [1.54, 1.807) is 12.1 Å². The number of aromatic nitrogens is 3. The van der Waals surface area contributed by atoms with Crippen molar-refractivity contribution < 1.29 is 4.92 Å². The number of pyridine rings is 1. The molecule has 0 aliphatic heterocycles. The predicted molar refractivity (Wildman–Crippen MR) is 92.2 cm³/mol. The van der Waals surface area contributed by atoms with E-state index >= 15 is 0 Å². The third-order valence-corrected chi connectivity index (χ3v) is 4.50. The molecule has 0 spiro atoms. The minimum absolute atomic E-state index is 0.0717. The molecule has 4 aromatic rings. The normalized spacial score (nSPS) is 11.0. The van der Waals surface area contributed by atoms with Crippen molar-refractivity contribution in [2.24, 2.45) is 0 Å². The number of rotatable bonds is 4. The molecule has 0 atom stereocenters. The number of non-ortho nitro benzene ring substituents is 1. The summed E-state index contributed by atoms with van der Waals surface area (Å²) in [4.78, 5) is 19.7. The monoisotopic (exact) mass is 336 g/mol. The van der Waals surface area contributed by atoms with E-state index in [0.717, 1.165) is 27.6 Å². The highest BCUT2D eigenvalue weighted by Crippen LogP contribution is 2.26. The summed E-state index contributed by atoms with van der Waals surface area (Å²) in [5, 5.41) is 13.7. The Balaban J connectivity index is 1.60. The molecule has 0 fully saturated rings. The Morgan fingerprint density at radius 2 is 2.08 bits per heavy atom. The Morgan fingerprint density at radius 1 is 1.17 bits per heavy atom. The Bertz CT molecular complexity index is 1000. The number of thiazole rings is 1. The molecule has 1 aromatic carbocycles. The van der Waals surface area contributed by atoms with Crippen LogP contribution in [0.3, 0.4) is 0 Å². The van der Waals surface area contributed by atoms with Gasteiger partial charge in [-0.15, -0.1) is 11.3 Å². The van der Waals surface area contributed by atoms with Gasteiger partial charge in [0.25, 0.3) is 5.69 Å². The summed E-state index contributed by atoms with van der Waals surface area (Å²) in [6.07, 6.45) is 4.59. The molecule has 3 aromatic heterocycles. The van der Waals surface area contributed by atoms with Crippen molar-refractivity contribution in [2.75, 3.05) is 0 Å². The number of nitro groups is 1. The molecule has 6 nitrogen and oxygen atoms in total. The van der Waals surface area contributed by atoms with Gasteiger partial charge in [0.1, 0.15) is 5.65 Å². The zero-order valence-electron chi connectivity index (χ0n) is 12.5. The Kier molecular flexibility index (Phi) is 3.55. The lowest BCUT2D eigenvalue weighted by molar-refractivity contribution is -0.384. The molecule has 0 aliphatic rings. The second-order valence-electron chi connectivity index (χ2n) is 5.31. The summed E-state index contributed by atoms with van der Waals surface area (Å²) in [5.74, 6) is 0. The van der Waals surface area contributed by atoms with Crippen molar-refractivity contribution in [3.63, 3.8) is 0 Å². The minimum Gasteiger partial charge on any atom is -0.307 e. The van der Waals surface area contributed by atoms with Gasteiger partial charge in [0.05, 0.1) is 21.3 Å². The average Bonchev–Trinajstić information content (AvgIpc) is 3.21. The maximum absolute atomic E-state index is 10.9. The summed E-state index contributed by atoms with van der Waals surface area (Å²) < 4.78 is 1.98. The number of fused-ring (bicyclic) bond motifs is 1. The Labute approximate surface area is 141 Å². The van der Waals surface area contributed by atoms with Gasteiger partial charge < -0.3 is 4.40 Å². The first-order valence-corrected chi connectivity index (χ1v) is 8.19. The quantitative estimate of drug-likeness (QED) is 0.418. The zero-order chi connectivity index (χ0) is 16.5. The highest BCUT2D eigenvalue weighted by molar-refractivity contribution is 7.10. The van der Waals surface area contributed by atoms with Crippen LogP contribution in [0.15, 0.2) is 60.2 Å². The van der Waals surface area contributed by atoms with Crippen molar-refractivity contribution in [3.05, 3.63) is 81.1 Å². The van der Waals surface area contributed by atoms with E-state index in [9.17, 15) is 10.1 Å². The number of hydrogen-bond acceptors (Lipinski definition) is 5. The van der Waals surface area contributed by atoms with E-state index in [4.69, 9.17) is 0 Å². The van der Waals surface area contributed by atoms with E-state index in [0.29, 0.717) is 6.42 Å². The lowest BCUT2D eigenvalue weighted by Gasteiger charge is -1.96. The lowest BCUT2D eigenvalue weighted by atomic mass is 10.1. The van der Waals surface area contributed by atoms with E-state index < -0.39 is 4.92 Å². The largest absolute Gasteiger partial charge is 0.307 e. The molecule has 0 N–H and O–H groups in total. The second kappa shape index (κ2) is 5.86. The van der Waals surface area contributed by atoms with Crippen LogP contribution in [0.5, 0.6) is 0 Å². The summed E-state index contributed by atoms with van der Waals surface area (Å²) in [5.41, 5.74) is 3.43. The molecule has 4 rings (SSSR count). The van der Waals surface area contributed by atoms with Gasteiger partial charge in [-0.1, -0.05) is 18.2 Å². The lowest BCUT2D eigenvalue weighted by Crippen LogP contribution is -1.89. The number of nitrogens with zero attached hydrogens (tertiary/aromatic N) is 4. The standard InChI is InChI=1S/C17H12N4O2S/c22-21(23)14-5-3-4-12(8-14)15-11-24-17(19-15)9-13-10-20-7-2-1-6-16(20)18-13/h1-8,10-11H,9H2. The fourth-order valence-electron chi connectivity index (χ4n) is 2.53. The second-order valence-corrected chi connectivity index (χ2v) is 6.25. The summed E-state index contributed by atoms with van der Waals surface area (Å²) >= 11 is 1.53. The van der Waals surface area contributed by atoms with Gasteiger partial charge in [-0.05, 0) is 12.1 Å². The van der Waals surface area contributed by atoms with Gasteiger partial charge in [-0.3, -0.25) is 10.1 Å². The fraction of sp³-hybridized carbons (Fsp3) is 0.0588. The van der Waals surface area contributed by atoms with Crippen molar-refractivity contribution in [2.45, 2.75) is 6.42 Å². The van der Waals surface area contributed by atoms with Gasteiger partial charge in [-0.2, -0.15) is 0 Å². The molecule has 0 unspecified atom stereocenters. The van der Waals surface area contributed by atoms with Crippen LogP contribution in [-0.4, -0.2) is 19.3 Å². The van der Waals surface area contributed by atoms with Gasteiger partial charge in [0.2, 0.25) is 0 Å². The van der Waals surface area contributed by atoms with E-state index in [1.807, 2.05) is 46.4 Å². The van der Waals surface area contributed by atoms with Crippen molar-refractivity contribution >= 4 is 22.7 Å². The van der Waals surface area contributed by atoms with Crippen LogP contribution in [-0.2, 0) is 6.42 Å². The maximum Gasteiger partial charge on any atom is 0.270 e. The van der Waals surface area contributed by atoms with Crippen LogP contribution in [0.1, 0.15) is 10.7 Å². The third kappa shape index (κ3) is 2.77. The van der Waals surface area contributed by atoms with Gasteiger partial charge in [0.15, 0.2) is 0 Å². The Morgan fingerprint density at radius 3 is 2.92 bits per heavy atom. The number of nitro benzene ring substituents is 1. The topological polar surface area (TPSA) is 73.3 Å². The van der Waals surface area contributed by atoms with Crippen LogP contribution in [0.2, 0.25) is 0 Å². The van der Waals surface area contributed by atoms with Gasteiger partial charge in [0, 0.05) is 41.9 Å². The summed E-state index contributed by atoms with van der Waals surface area (Å²) in [6.45, 7) is 0. The summed E-state index contributed by atoms with van der Waals surface area (Å²) in [6, 6.07) is 12.4. The van der Waals surface area contributed by atoms with Gasteiger partial charge in [-0.25, -0.2) is 9.97 Å². The first-order chi connectivity index (χ1) is 11.7. The molecular weight excluding hydrogens is 324 g/mol. The average molecular weight is 336 g/mol. The molecule has 0 aliphatic carbocycles. The van der Waals surface area contributed by atoms with Crippen LogP contribution < -0.4 is 0 Å². The summed E-state index contributed by atoms with van der Waals surface area (Å²) in [7, 11) is 0. The molecule has 0 amide bonds. The highest BCUT2D eigenvalue weighted by atomic mass is 32.1. The van der Waals surface area contributed by atoms with Crippen molar-refractivity contribution in [1.29, 1.82) is 0 Å². The molecule has 24 heavy (non-hydrogen) atoms.